The lowest BCUT2D eigenvalue weighted by Gasteiger charge is -2.08. The zero-order chi connectivity index (χ0) is 19.8. The molecule has 0 radical (unpaired) electrons. The van der Waals surface area contributed by atoms with Crippen LogP contribution in [0.2, 0.25) is 0 Å². The predicted molar refractivity (Wildman–Crippen MR) is 96.8 cm³/mol. The Bertz CT molecular complexity index is 849. The minimum absolute atomic E-state index is 0.0164. The number of primary amides is 1. The quantitative estimate of drug-likeness (QED) is 0.305. The summed E-state index contributed by atoms with van der Waals surface area (Å²) in [6.45, 7) is -0.232. The topological polar surface area (TPSA) is 135 Å². The highest BCUT2D eigenvalue weighted by Gasteiger charge is 2.15. The number of carbonyl (C=O) groups is 2. The molecule has 0 atom stereocenters. The van der Waals surface area contributed by atoms with Crippen LogP contribution in [0.1, 0.15) is 15.9 Å². The number of nitrogens with zero attached hydrogens (tertiary/aromatic N) is 1. The summed E-state index contributed by atoms with van der Waals surface area (Å²) < 4.78 is 15.4. The summed E-state index contributed by atoms with van der Waals surface area (Å²) in [7, 11) is 2.92. The fraction of sp³-hybridized carbons (Fsp3) is 0.167. The van der Waals surface area contributed by atoms with Gasteiger partial charge in [-0.15, -0.1) is 0 Å². The molecule has 2 aromatic carbocycles. The van der Waals surface area contributed by atoms with Crippen molar-refractivity contribution in [1.82, 2.24) is 0 Å². The third kappa shape index (κ3) is 5.36. The molecule has 0 unspecified atom stereocenters. The molecule has 0 spiro atoms. The molecular weight excluding hydrogens is 354 g/mol. The van der Waals surface area contributed by atoms with E-state index < -0.39 is 11.9 Å². The Labute approximate surface area is 155 Å². The highest BCUT2D eigenvalue weighted by atomic mass is 16.7. The number of carbonyl (C=O) groups excluding carboxylic acids is 2. The molecule has 0 bridgehead atoms. The smallest absolute Gasteiger partial charge is 0.369 e. The first-order valence-corrected chi connectivity index (χ1v) is 7.73. The molecule has 9 nitrogen and oxygen atoms in total. The number of hydrogen-bond acceptors (Lipinski definition) is 7. The molecule has 0 aliphatic carbocycles. The van der Waals surface area contributed by atoms with Crippen LogP contribution < -0.4 is 25.7 Å². The first-order chi connectivity index (χ1) is 12.9. The second-order valence-electron chi connectivity index (χ2n) is 5.20. The summed E-state index contributed by atoms with van der Waals surface area (Å²) in [5, 5.41) is 3.64. The van der Waals surface area contributed by atoms with Gasteiger partial charge in [-0.25, -0.2) is 4.79 Å². The molecule has 0 saturated carbocycles. The number of rotatable bonds is 8. The van der Waals surface area contributed by atoms with E-state index in [1.165, 1.54) is 20.3 Å². The Morgan fingerprint density at radius 2 is 1.63 bits per heavy atom. The largest absolute Gasteiger partial charge is 0.497 e. The third-order valence-corrected chi connectivity index (χ3v) is 3.39. The fourth-order valence-corrected chi connectivity index (χ4v) is 2.04. The molecule has 0 aromatic heterocycles. The maximum Gasteiger partial charge on any atom is 0.369 e. The van der Waals surface area contributed by atoms with Gasteiger partial charge in [0.05, 0.1) is 14.2 Å². The van der Waals surface area contributed by atoms with Crippen molar-refractivity contribution in [3.63, 3.8) is 0 Å². The first kappa shape index (κ1) is 19.6. The molecule has 27 heavy (non-hydrogen) atoms. The van der Waals surface area contributed by atoms with Crippen molar-refractivity contribution >= 4 is 17.7 Å². The molecule has 142 valence electrons. The Morgan fingerprint density at radius 3 is 2.22 bits per heavy atom. The van der Waals surface area contributed by atoms with Crippen molar-refractivity contribution in [3.8, 4) is 17.2 Å². The van der Waals surface area contributed by atoms with E-state index in [4.69, 9.17) is 30.5 Å². The standard InChI is InChI=1S/C18H19N3O6/c1-24-13-7-8-14(15(9-13)25-2)18(23)27-21-17(20)11-3-5-12(6-4-11)26-10-16(19)22/h3-9H,10H2,1-2H3,(H2,19,22)(H2,20,21). The summed E-state index contributed by atoms with van der Waals surface area (Å²) in [6, 6.07) is 11.0. The average Bonchev–Trinajstić information content (AvgIpc) is 2.69. The zero-order valence-corrected chi connectivity index (χ0v) is 14.8. The number of hydrogen-bond donors (Lipinski definition) is 2. The molecule has 0 aliphatic heterocycles. The van der Waals surface area contributed by atoms with Gasteiger partial charge in [-0.05, 0) is 36.4 Å². The van der Waals surface area contributed by atoms with E-state index in [-0.39, 0.29) is 23.8 Å². The van der Waals surface area contributed by atoms with Crippen LogP contribution in [0.4, 0.5) is 0 Å². The van der Waals surface area contributed by atoms with Gasteiger partial charge in [-0.2, -0.15) is 0 Å². The highest BCUT2D eigenvalue weighted by molar-refractivity contribution is 5.98. The van der Waals surface area contributed by atoms with Gasteiger partial charge in [0, 0.05) is 11.6 Å². The zero-order valence-electron chi connectivity index (χ0n) is 14.8. The SMILES string of the molecule is COc1ccc(C(=O)O/N=C(\N)c2ccc(OCC(N)=O)cc2)c(OC)c1. The van der Waals surface area contributed by atoms with E-state index >= 15 is 0 Å². The molecule has 9 heteroatoms. The maximum absolute atomic E-state index is 12.2. The van der Waals surface area contributed by atoms with Gasteiger partial charge in [0.1, 0.15) is 22.8 Å². The highest BCUT2D eigenvalue weighted by Crippen LogP contribution is 2.25. The van der Waals surface area contributed by atoms with Gasteiger partial charge in [-0.3, -0.25) is 4.79 Å². The Kier molecular flexibility index (Phi) is 6.59. The lowest BCUT2D eigenvalue weighted by Crippen LogP contribution is -2.20. The van der Waals surface area contributed by atoms with Gasteiger partial charge in [0.25, 0.3) is 5.91 Å². The molecule has 0 heterocycles. The second-order valence-corrected chi connectivity index (χ2v) is 5.20. The minimum atomic E-state index is -0.737. The molecule has 1 amide bonds. The molecular formula is C18H19N3O6. The Balaban J connectivity index is 2.06. The van der Waals surface area contributed by atoms with Crippen LogP contribution in [0.3, 0.4) is 0 Å². The minimum Gasteiger partial charge on any atom is -0.497 e. The number of oxime groups is 1. The lowest BCUT2D eigenvalue weighted by molar-refractivity contribution is -0.119. The van der Waals surface area contributed by atoms with E-state index in [2.05, 4.69) is 5.16 Å². The maximum atomic E-state index is 12.2. The molecule has 4 N–H and O–H groups in total. The monoisotopic (exact) mass is 373 g/mol. The van der Waals surface area contributed by atoms with E-state index in [9.17, 15) is 9.59 Å². The van der Waals surface area contributed by atoms with Crippen LogP contribution in [0, 0.1) is 0 Å². The molecule has 2 rings (SSSR count). The van der Waals surface area contributed by atoms with Gasteiger partial charge in [-0.1, -0.05) is 5.16 Å². The number of amidine groups is 1. The Morgan fingerprint density at radius 1 is 0.963 bits per heavy atom. The number of amides is 1. The van der Waals surface area contributed by atoms with E-state index in [1.54, 1.807) is 36.4 Å². The number of benzene rings is 2. The van der Waals surface area contributed by atoms with Gasteiger partial charge < -0.3 is 30.5 Å². The molecule has 0 aliphatic rings. The predicted octanol–water partition coefficient (Wildman–Crippen LogP) is 1.05. The lowest BCUT2D eigenvalue weighted by atomic mass is 10.2. The first-order valence-electron chi connectivity index (χ1n) is 7.73. The number of methoxy groups -OCH3 is 2. The van der Waals surface area contributed by atoms with Crippen LogP contribution in [0.25, 0.3) is 0 Å². The van der Waals surface area contributed by atoms with Crippen LogP contribution in [-0.2, 0) is 9.63 Å². The summed E-state index contributed by atoms with van der Waals surface area (Å²) in [5.41, 5.74) is 11.5. The summed E-state index contributed by atoms with van der Waals surface area (Å²) in [5.74, 6) is -0.0865. The van der Waals surface area contributed by atoms with Crippen molar-refractivity contribution in [2.75, 3.05) is 20.8 Å². The summed E-state index contributed by atoms with van der Waals surface area (Å²) in [4.78, 5) is 27.8. The van der Waals surface area contributed by atoms with E-state index in [0.717, 1.165) is 0 Å². The van der Waals surface area contributed by atoms with Gasteiger partial charge >= 0.3 is 5.97 Å². The Hall–Kier alpha value is -3.75. The van der Waals surface area contributed by atoms with E-state index in [1.807, 2.05) is 0 Å². The molecule has 2 aromatic rings. The van der Waals surface area contributed by atoms with Gasteiger partial charge in [0.2, 0.25) is 0 Å². The molecule has 0 saturated heterocycles. The van der Waals surface area contributed by atoms with Crippen molar-refractivity contribution in [1.29, 1.82) is 0 Å². The average molecular weight is 373 g/mol. The summed E-state index contributed by atoms with van der Waals surface area (Å²) >= 11 is 0. The van der Waals surface area contributed by atoms with Crippen molar-refractivity contribution in [2.45, 2.75) is 0 Å². The van der Waals surface area contributed by atoms with Crippen LogP contribution in [-0.4, -0.2) is 38.5 Å². The number of ether oxygens (including phenoxy) is 3. The van der Waals surface area contributed by atoms with Crippen molar-refractivity contribution in [2.24, 2.45) is 16.6 Å². The van der Waals surface area contributed by atoms with Crippen LogP contribution >= 0.6 is 0 Å². The molecule has 0 fully saturated rings. The fourth-order valence-electron chi connectivity index (χ4n) is 2.04. The second kappa shape index (κ2) is 9.09. The van der Waals surface area contributed by atoms with E-state index in [0.29, 0.717) is 17.1 Å². The van der Waals surface area contributed by atoms with Gasteiger partial charge in [0.15, 0.2) is 12.4 Å². The number of nitrogens with two attached hydrogens (primary N) is 2. The third-order valence-electron chi connectivity index (χ3n) is 3.39. The van der Waals surface area contributed by atoms with Crippen molar-refractivity contribution in [3.05, 3.63) is 53.6 Å². The normalized spacial score (nSPS) is 10.8. The summed E-state index contributed by atoms with van der Waals surface area (Å²) in [6.07, 6.45) is 0. The van der Waals surface area contributed by atoms with Crippen LogP contribution in [0.15, 0.2) is 47.6 Å². The van der Waals surface area contributed by atoms with Crippen molar-refractivity contribution < 1.29 is 28.6 Å². The van der Waals surface area contributed by atoms with Crippen LogP contribution in [0.5, 0.6) is 17.2 Å².